The summed E-state index contributed by atoms with van der Waals surface area (Å²) in [5, 5.41) is 11.5. The van der Waals surface area contributed by atoms with Crippen LogP contribution in [0.5, 0.6) is 5.75 Å². The molecule has 9 heteroatoms. The molecule has 4 aliphatic rings. The summed E-state index contributed by atoms with van der Waals surface area (Å²) in [6, 6.07) is 11.8. The predicted octanol–water partition coefficient (Wildman–Crippen LogP) is 6.90. The van der Waals surface area contributed by atoms with Gasteiger partial charge in [0.15, 0.2) is 0 Å². The summed E-state index contributed by atoms with van der Waals surface area (Å²) in [6.45, 7) is 11.8. The lowest BCUT2D eigenvalue weighted by Gasteiger charge is -2.51. The van der Waals surface area contributed by atoms with Crippen molar-refractivity contribution in [3.63, 3.8) is 0 Å². The van der Waals surface area contributed by atoms with E-state index < -0.39 is 27.3 Å². The number of methoxy groups -OCH3 is 1. The second-order valence-corrected chi connectivity index (χ2v) is 17.8. The molecule has 1 unspecified atom stereocenters. The van der Waals surface area contributed by atoms with E-state index in [2.05, 4.69) is 46.4 Å². The molecule has 1 saturated carbocycles. The standard InChI is InChI=1S/C39H51ClN2O5S/c1-25(2)35(43)21-39(46-5)18-7-9-26(3)27(4)48(6,45)41-37(44)29-12-16-36-34(20-29)42(22-30-11-14-33(30)39)23-38(24-47-36)17-8-10-28-19-31(40)13-15-32(28)38/h7,12-13,15-16,18-20,26-27,30,33,35,43H,1,6,8-11,14,17,21-24H2,2-5H3,(H,41,44,45)/b18-7+/t26-,27+,30-,33+,35+,38-,39+,48?/m0/s1. The van der Waals surface area contributed by atoms with Crippen LogP contribution in [-0.4, -0.2) is 64.9 Å². The number of carbonyl (C=O) groups excluding carboxylic acids is 1. The molecule has 1 amide bonds. The first-order valence-corrected chi connectivity index (χ1v) is 19.5. The van der Waals surface area contributed by atoms with E-state index in [0.717, 1.165) is 55.1 Å². The van der Waals surface area contributed by atoms with E-state index in [1.165, 1.54) is 11.1 Å². The zero-order valence-corrected chi connectivity index (χ0v) is 30.4. The Morgan fingerprint density at radius 2 is 2.04 bits per heavy atom. The summed E-state index contributed by atoms with van der Waals surface area (Å²) in [5.41, 5.74) is 3.57. The number of hydrogen-bond acceptors (Lipinski definition) is 6. The molecule has 0 saturated heterocycles. The van der Waals surface area contributed by atoms with Crippen LogP contribution in [0.1, 0.15) is 80.8 Å². The summed E-state index contributed by atoms with van der Waals surface area (Å²) in [6.07, 6.45) is 9.54. The van der Waals surface area contributed by atoms with Gasteiger partial charge < -0.3 is 19.5 Å². The highest BCUT2D eigenvalue weighted by Gasteiger charge is 2.49. The number of ether oxygens (including phenoxy) is 2. The van der Waals surface area contributed by atoms with E-state index in [-0.39, 0.29) is 28.4 Å². The number of nitrogens with one attached hydrogen (secondary N) is 1. The molecule has 2 heterocycles. The van der Waals surface area contributed by atoms with E-state index in [0.29, 0.717) is 37.1 Å². The summed E-state index contributed by atoms with van der Waals surface area (Å²) in [4.78, 5) is 16.1. The molecule has 7 nitrogen and oxygen atoms in total. The van der Waals surface area contributed by atoms with Gasteiger partial charge in [-0.05, 0) is 117 Å². The number of hydrogen-bond donors (Lipinski definition) is 2. The van der Waals surface area contributed by atoms with Gasteiger partial charge in [-0.1, -0.05) is 48.9 Å². The normalized spacial score (nSPS) is 34.8. The maximum absolute atomic E-state index is 13.9. The Labute approximate surface area is 291 Å². The fourth-order valence-electron chi connectivity index (χ4n) is 8.45. The van der Waals surface area contributed by atoms with Crippen LogP contribution < -0.4 is 14.4 Å². The zero-order valence-electron chi connectivity index (χ0n) is 28.8. The van der Waals surface area contributed by atoms with Gasteiger partial charge in [-0.3, -0.25) is 9.52 Å². The van der Waals surface area contributed by atoms with Gasteiger partial charge in [-0.25, -0.2) is 4.21 Å². The second kappa shape index (κ2) is 13.5. The zero-order chi connectivity index (χ0) is 34.4. The van der Waals surface area contributed by atoms with Crippen molar-refractivity contribution in [2.45, 2.75) is 88.1 Å². The topological polar surface area (TPSA) is 88.1 Å². The number of amides is 1. The van der Waals surface area contributed by atoms with Crippen molar-refractivity contribution < 1.29 is 23.6 Å². The van der Waals surface area contributed by atoms with E-state index in [1.54, 1.807) is 13.2 Å². The number of halogens is 1. The summed E-state index contributed by atoms with van der Waals surface area (Å²) < 4.78 is 29.8. The number of allylic oxidation sites excluding steroid dienone is 1. The van der Waals surface area contributed by atoms with Crippen molar-refractivity contribution in [3.05, 3.63) is 82.4 Å². The monoisotopic (exact) mass is 694 g/mol. The third-order valence-electron chi connectivity index (χ3n) is 11.8. The van der Waals surface area contributed by atoms with E-state index in [9.17, 15) is 14.1 Å². The molecule has 2 aliphatic heterocycles. The Kier molecular flexibility index (Phi) is 9.86. The number of carbonyl (C=O) groups is 1. The number of aliphatic hydroxyl groups is 1. The average Bonchev–Trinajstić information content (AvgIpc) is 3.18. The van der Waals surface area contributed by atoms with Gasteiger partial charge in [-0.2, -0.15) is 0 Å². The largest absolute Gasteiger partial charge is 0.490 e. The smallest absolute Gasteiger partial charge is 0.262 e. The van der Waals surface area contributed by atoms with Crippen molar-refractivity contribution in [3.8, 4) is 5.75 Å². The van der Waals surface area contributed by atoms with Crippen LogP contribution in [-0.2, 0) is 26.3 Å². The van der Waals surface area contributed by atoms with Crippen molar-refractivity contribution in [1.29, 1.82) is 0 Å². The van der Waals surface area contributed by atoms with Gasteiger partial charge in [0, 0.05) is 47.9 Å². The molecule has 2 aliphatic carbocycles. The van der Waals surface area contributed by atoms with Crippen LogP contribution in [0.25, 0.3) is 0 Å². The van der Waals surface area contributed by atoms with Crippen LogP contribution in [0.3, 0.4) is 0 Å². The Morgan fingerprint density at radius 1 is 1.25 bits per heavy atom. The maximum atomic E-state index is 13.9. The maximum Gasteiger partial charge on any atom is 0.262 e. The number of benzene rings is 2. The minimum atomic E-state index is -2.98. The number of nitrogens with zero attached hydrogens (tertiary/aromatic N) is 1. The Balaban J connectivity index is 1.47. The number of aryl methyl sites for hydroxylation is 1. The average molecular weight is 695 g/mol. The summed E-state index contributed by atoms with van der Waals surface area (Å²) >= 11 is 6.47. The first-order chi connectivity index (χ1) is 22.8. The van der Waals surface area contributed by atoms with E-state index in [1.807, 2.05) is 39.0 Å². The van der Waals surface area contributed by atoms with E-state index >= 15 is 0 Å². The molecule has 2 N–H and O–H groups in total. The number of rotatable bonds is 4. The van der Waals surface area contributed by atoms with Crippen molar-refractivity contribution in [2.75, 3.05) is 31.7 Å². The van der Waals surface area contributed by atoms with Crippen LogP contribution in [0.4, 0.5) is 5.69 Å². The lowest BCUT2D eigenvalue weighted by molar-refractivity contribution is -0.0942. The predicted molar refractivity (Wildman–Crippen MR) is 197 cm³/mol. The molecular formula is C39H51ClN2O5S. The SMILES string of the molecule is C=C(C)[C@H](O)C[C@]1(OC)/C=C/C[C@H](C)[C@@H](C)S(=C)(=O)NC(=O)c2ccc3c(c2)N(C[C@@H]2CC[C@H]21)C[C@@]1(CCCc2cc(Cl)ccc21)CO3. The molecule has 8 atom stereocenters. The minimum absolute atomic E-state index is 0.0300. The molecule has 2 bridgehead atoms. The first kappa shape index (κ1) is 35.1. The number of anilines is 1. The van der Waals surface area contributed by atoms with Crippen LogP contribution in [0.15, 0.2) is 60.7 Å². The van der Waals surface area contributed by atoms with Crippen molar-refractivity contribution >= 4 is 38.8 Å². The molecule has 0 aromatic heterocycles. The number of aliphatic hydroxyl groups excluding tert-OH is 1. The molecule has 2 aromatic carbocycles. The highest BCUT2D eigenvalue weighted by molar-refractivity contribution is 7.99. The van der Waals surface area contributed by atoms with Gasteiger partial charge in [-0.15, -0.1) is 0 Å². The van der Waals surface area contributed by atoms with Crippen LogP contribution >= 0.6 is 11.6 Å². The Morgan fingerprint density at radius 3 is 2.75 bits per heavy atom. The molecule has 1 fully saturated rings. The van der Waals surface area contributed by atoms with Gasteiger partial charge in [0.2, 0.25) is 0 Å². The van der Waals surface area contributed by atoms with Crippen LogP contribution in [0, 0.1) is 17.8 Å². The molecule has 6 rings (SSSR count). The first-order valence-electron chi connectivity index (χ1n) is 17.3. The molecule has 260 valence electrons. The highest BCUT2D eigenvalue weighted by Crippen LogP contribution is 2.50. The fourth-order valence-corrected chi connectivity index (χ4v) is 10.1. The van der Waals surface area contributed by atoms with Gasteiger partial charge >= 0.3 is 0 Å². The lowest BCUT2D eigenvalue weighted by Crippen LogP contribution is -2.54. The number of fused-ring (bicyclic) bond motifs is 4. The molecular weight excluding hydrogens is 644 g/mol. The third-order valence-corrected chi connectivity index (χ3v) is 14.3. The minimum Gasteiger partial charge on any atom is -0.490 e. The van der Waals surface area contributed by atoms with Crippen molar-refractivity contribution in [1.82, 2.24) is 4.72 Å². The van der Waals surface area contributed by atoms with Crippen LogP contribution in [0.2, 0.25) is 5.02 Å². The molecule has 2 aromatic rings. The second-order valence-electron chi connectivity index (χ2n) is 14.9. The van der Waals surface area contributed by atoms with Gasteiger partial charge in [0.05, 0.1) is 33.7 Å². The van der Waals surface area contributed by atoms with Crippen molar-refractivity contribution in [2.24, 2.45) is 17.8 Å². The Hall–Kier alpha value is -2.78. The highest BCUT2D eigenvalue weighted by atomic mass is 35.5. The Bertz CT molecular complexity index is 1710. The summed E-state index contributed by atoms with van der Waals surface area (Å²) in [7, 11) is -1.24. The molecule has 1 spiro atoms. The summed E-state index contributed by atoms with van der Waals surface area (Å²) in [5.74, 6) is 4.73. The quantitative estimate of drug-likeness (QED) is 0.268. The molecule has 0 radical (unpaired) electrons. The lowest BCUT2D eigenvalue weighted by atomic mass is 9.62. The molecule has 48 heavy (non-hydrogen) atoms. The van der Waals surface area contributed by atoms with Gasteiger partial charge in [0.1, 0.15) is 5.75 Å². The van der Waals surface area contributed by atoms with E-state index in [4.69, 9.17) is 21.1 Å². The third kappa shape index (κ3) is 6.58. The fraction of sp³-hybridized carbons (Fsp3) is 0.538. The van der Waals surface area contributed by atoms with Gasteiger partial charge in [0.25, 0.3) is 5.91 Å².